The summed E-state index contributed by atoms with van der Waals surface area (Å²) in [6, 6.07) is 14.1. The van der Waals surface area contributed by atoms with E-state index < -0.39 is 0 Å². The number of hydrogen-bond donors (Lipinski definition) is 1. The third kappa shape index (κ3) is 3.77. The maximum absolute atomic E-state index is 9.51. The highest BCUT2D eigenvalue weighted by atomic mass is 16.5. The maximum atomic E-state index is 9.51. The van der Waals surface area contributed by atoms with Crippen LogP contribution < -0.4 is 4.74 Å². The molecule has 0 unspecified atom stereocenters. The normalized spacial score (nSPS) is 11.9. The van der Waals surface area contributed by atoms with E-state index in [0.29, 0.717) is 0 Å². The van der Waals surface area contributed by atoms with Gasteiger partial charge in [0.25, 0.3) is 0 Å². The monoisotopic (exact) mass is 296 g/mol. The van der Waals surface area contributed by atoms with Gasteiger partial charge in [0.15, 0.2) is 0 Å². The van der Waals surface area contributed by atoms with Crippen LogP contribution in [0.15, 0.2) is 42.5 Å². The number of aliphatic hydroxyl groups excluding tert-OH is 1. The Morgan fingerprint density at radius 1 is 1.05 bits per heavy atom. The largest absolute Gasteiger partial charge is 0.496 e. The van der Waals surface area contributed by atoms with E-state index in [9.17, 15) is 5.11 Å². The SMILES string of the molecule is COc1ccccc1/C=C/c1ccc(CO)c(C(C)(C)C)c1. The van der Waals surface area contributed by atoms with Crippen molar-refractivity contribution in [2.24, 2.45) is 0 Å². The number of para-hydroxylation sites is 1. The van der Waals surface area contributed by atoms with E-state index in [-0.39, 0.29) is 12.0 Å². The average molecular weight is 296 g/mol. The lowest BCUT2D eigenvalue weighted by Gasteiger charge is -2.22. The second kappa shape index (κ2) is 6.80. The van der Waals surface area contributed by atoms with Crippen molar-refractivity contribution < 1.29 is 9.84 Å². The summed E-state index contributed by atoms with van der Waals surface area (Å²) in [6.07, 6.45) is 4.13. The molecule has 0 heterocycles. The second-order valence-electron chi connectivity index (χ2n) is 6.40. The summed E-state index contributed by atoms with van der Waals surface area (Å²) in [6.45, 7) is 6.56. The van der Waals surface area contributed by atoms with E-state index in [1.165, 1.54) is 5.56 Å². The van der Waals surface area contributed by atoms with Crippen molar-refractivity contribution in [3.8, 4) is 5.75 Å². The summed E-state index contributed by atoms with van der Waals surface area (Å²) in [5.41, 5.74) is 4.34. The lowest BCUT2D eigenvalue weighted by atomic mass is 9.83. The Balaban J connectivity index is 2.36. The van der Waals surface area contributed by atoms with Gasteiger partial charge in [0.1, 0.15) is 5.75 Å². The van der Waals surface area contributed by atoms with Crippen LogP contribution in [-0.2, 0) is 12.0 Å². The standard InChI is InChI=1S/C20H24O2/c1-20(2,3)18-13-15(10-12-17(18)14-21)9-11-16-7-5-6-8-19(16)22-4/h5-13,21H,14H2,1-4H3/b11-9+. The molecule has 2 aromatic rings. The second-order valence-corrected chi connectivity index (χ2v) is 6.40. The third-order valence-corrected chi connectivity index (χ3v) is 3.71. The fourth-order valence-electron chi connectivity index (χ4n) is 2.52. The lowest BCUT2D eigenvalue weighted by molar-refractivity contribution is 0.278. The van der Waals surface area contributed by atoms with Crippen molar-refractivity contribution in [1.29, 1.82) is 0 Å². The van der Waals surface area contributed by atoms with E-state index >= 15 is 0 Å². The van der Waals surface area contributed by atoms with Gasteiger partial charge in [-0.1, -0.05) is 69.3 Å². The van der Waals surface area contributed by atoms with Crippen LogP contribution in [-0.4, -0.2) is 12.2 Å². The summed E-state index contributed by atoms with van der Waals surface area (Å²) < 4.78 is 5.36. The zero-order valence-electron chi connectivity index (χ0n) is 13.8. The molecule has 116 valence electrons. The zero-order valence-corrected chi connectivity index (χ0v) is 13.8. The van der Waals surface area contributed by atoms with Crippen LogP contribution in [0.5, 0.6) is 5.75 Å². The first-order valence-corrected chi connectivity index (χ1v) is 7.51. The molecule has 0 amide bonds. The molecule has 2 nitrogen and oxygen atoms in total. The van der Waals surface area contributed by atoms with Crippen molar-refractivity contribution in [2.45, 2.75) is 32.8 Å². The quantitative estimate of drug-likeness (QED) is 0.832. The molecule has 0 fully saturated rings. The van der Waals surface area contributed by atoms with Crippen molar-refractivity contribution in [3.63, 3.8) is 0 Å². The Morgan fingerprint density at radius 2 is 1.77 bits per heavy atom. The van der Waals surface area contributed by atoms with E-state index in [4.69, 9.17) is 4.74 Å². The van der Waals surface area contributed by atoms with Crippen LogP contribution in [0.3, 0.4) is 0 Å². The first kappa shape index (κ1) is 16.3. The summed E-state index contributed by atoms with van der Waals surface area (Å²) in [5.74, 6) is 0.863. The summed E-state index contributed by atoms with van der Waals surface area (Å²) >= 11 is 0. The molecule has 0 aliphatic rings. The van der Waals surface area contributed by atoms with E-state index in [0.717, 1.165) is 22.4 Å². The minimum atomic E-state index is 0.00630. The first-order valence-electron chi connectivity index (χ1n) is 7.51. The van der Waals surface area contributed by atoms with E-state index in [1.807, 2.05) is 36.4 Å². The Hall–Kier alpha value is -2.06. The Kier molecular flexibility index (Phi) is 5.04. The molecule has 1 N–H and O–H groups in total. The van der Waals surface area contributed by atoms with Gasteiger partial charge in [-0.3, -0.25) is 0 Å². The highest BCUT2D eigenvalue weighted by Gasteiger charge is 2.17. The van der Waals surface area contributed by atoms with Gasteiger partial charge in [-0.05, 0) is 28.2 Å². The topological polar surface area (TPSA) is 29.5 Å². The number of aliphatic hydroxyl groups is 1. The molecule has 2 rings (SSSR count). The van der Waals surface area contributed by atoms with Gasteiger partial charge in [0, 0.05) is 5.56 Å². The van der Waals surface area contributed by atoms with Crippen LogP contribution in [0.4, 0.5) is 0 Å². The van der Waals surface area contributed by atoms with Crippen LogP contribution >= 0.6 is 0 Å². The summed E-state index contributed by atoms with van der Waals surface area (Å²) in [4.78, 5) is 0. The number of benzene rings is 2. The molecule has 22 heavy (non-hydrogen) atoms. The Bertz CT molecular complexity index is 664. The Labute approximate surface area is 133 Å². The van der Waals surface area contributed by atoms with Crippen molar-refractivity contribution >= 4 is 12.2 Å². The minimum absolute atomic E-state index is 0.00630. The fraction of sp³-hybridized carbons (Fsp3) is 0.300. The summed E-state index contributed by atoms with van der Waals surface area (Å²) in [5, 5.41) is 9.51. The molecule has 2 aromatic carbocycles. The molecule has 0 aliphatic heterocycles. The number of rotatable bonds is 4. The highest BCUT2D eigenvalue weighted by molar-refractivity contribution is 5.73. The molecule has 0 aliphatic carbocycles. The van der Waals surface area contributed by atoms with Crippen LogP contribution in [0.25, 0.3) is 12.2 Å². The van der Waals surface area contributed by atoms with Crippen LogP contribution in [0.1, 0.15) is 43.0 Å². The molecule has 0 atom stereocenters. The van der Waals surface area contributed by atoms with Gasteiger partial charge < -0.3 is 9.84 Å². The average Bonchev–Trinajstić information content (AvgIpc) is 2.52. The van der Waals surface area contributed by atoms with Gasteiger partial charge in [-0.15, -0.1) is 0 Å². The summed E-state index contributed by atoms with van der Waals surface area (Å²) in [7, 11) is 1.68. The van der Waals surface area contributed by atoms with E-state index in [2.05, 4.69) is 39.0 Å². The number of hydrogen-bond acceptors (Lipinski definition) is 2. The molecule has 0 bridgehead atoms. The zero-order chi connectivity index (χ0) is 16.2. The maximum Gasteiger partial charge on any atom is 0.126 e. The molecular formula is C20H24O2. The number of methoxy groups -OCH3 is 1. The molecule has 0 spiro atoms. The Morgan fingerprint density at radius 3 is 2.41 bits per heavy atom. The van der Waals surface area contributed by atoms with Crippen molar-refractivity contribution in [1.82, 2.24) is 0 Å². The smallest absolute Gasteiger partial charge is 0.126 e. The first-order chi connectivity index (χ1) is 10.5. The third-order valence-electron chi connectivity index (χ3n) is 3.71. The van der Waals surface area contributed by atoms with Crippen molar-refractivity contribution in [2.75, 3.05) is 7.11 Å². The fourth-order valence-corrected chi connectivity index (χ4v) is 2.52. The molecule has 2 heteroatoms. The van der Waals surface area contributed by atoms with Gasteiger partial charge in [0.2, 0.25) is 0 Å². The van der Waals surface area contributed by atoms with Crippen LogP contribution in [0.2, 0.25) is 0 Å². The molecule has 0 saturated carbocycles. The predicted molar refractivity (Wildman–Crippen MR) is 93.0 cm³/mol. The lowest BCUT2D eigenvalue weighted by Crippen LogP contribution is -2.14. The molecule has 0 radical (unpaired) electrons. The predicted octanol–water partition coefficient (Wildman–Crippen LogP) is 4.66. The van der Waals surface area contributed by atoms with Crippen molar-refractivity contribution in [3.05, 3.63) is 64.7 Å². The molecule has 0 saturated heterocycles. The van der Waals surface area contributed by atoms with Gasteiger partial charge in [-0.25, -0.2) is 0 Å². The molecule has 0 aromatic heterocycles. The van der Waals surface area contributed by atoms with E-state index in [1.54, 1.807) is 7.11 Å². The van der Waals surface area contributed by atoms with Gasteiger partial charge >= 0.3 is 0 Å². The minimum Gasteiger partial charge on any atom is -0.496 e. The van der Waals surface area contributed by atoms with Gasteiger partial charge in [-0.2, -0.15) is 0 Å². The highest BCUT2D eigenvalue weighted by Crippen LogP contribution is 2.28. The molecular weight excluding hydrogens is 272 g/mol. The van der Waals surface area contributed by atoms with Gasteiger partial charge in [0.05, 0.1) is 13.7 Å². The number of ether oxygens (including phenoxy) is 1. The van der Waals surface area contributed by atoms with Crippen LogP contribution in [0, 0.1) is 0 Å².